The molecule has 14 heavy (non-hydrogen) atoms. The van der Waals surface area contributed by atoms with E-state index in [1.165, 1.54) is 6.20 Å². The van der Waals surface area contributed by atoms with Crippen LogP contribution in [0.25, 0.3) is 0 Å². The van der Waals surface area contributed by atoms with Gasteiger partial charge in [0.1, 0.15) is 5.82 Å². The fourth-order valence-electron chi connectivity index (χ4n) is 1.50. The van der Waals surface area contributed by atoms with Crippen molar-refractivity contribution >= 4 is 5.82 Å². The van der Waals surface area contributed by atoms with Gasteiger partial charge in [0.15, 0.2) is 0 Å². The molecule has 0 spiro atoms. The van der Waals surface area contributed by atoms with Crippen molar-refractivity contribution in [3.05, 3.63) is 22.7 Å². The molecule has 0 radical (unpaired) electrons. The van der Waals surface area contributed by atoms with Crippen LogP contribution in [0.4, 0.5) is 5.82 Å². The highest BCUT2D eigenvalue weighted by molar-refractivity contribution is 5.29. The van der Waals surface area contributed by atoms with E-state index < -0.39 is 0 Å². The smallest absolute Gasteiger partial charge is 0.267 e. The maximum atomic E-state index is 10.9. The van der Waals surface area contributed by atoms with Crippen molar-refractivity contribution in [2.75, 3.05) is 18.5 Å². The zero-order valence-electron chi connectivity index (χ0n) is 7.82. The summed E-state index contributed by atoms with van der Waals surface area (Å²) in [7, 11) is 0. The molecule has 5 heteroatoms. The summed E-state index contributed by atoms with van der Waals surface area (Å²) in [6, 6.07) is 0. The van der Waals surface area contributed by atoms with Crippen molar-refractivity contribution < 1.29 is 4.74 Å². The fraction of sp³-hybridized carbons (Fsp3) is 0.556. The van der Waals surface area contributed by atoms with Gasteiger partial charge in [-0.25, -0.2) is 0 Å². The molecule has 1 aromatic heterocycles. The Kier molecular flexibility index (Phi) is 2.78. The van der Waals surface area contributed by atoms with E-state index >= 15 is 0 Å². The number of ether oxygens (including phenoxy) is 1. The lowest BCUT2D eigenvalue weighted by atomic mass is 10.2. The van der Waals surface area contributed by atoms with Crippen LogP contribution in [0.15, 0.2) is 17.2 Å². The highest BCUT2D eigenvalue weighted by Gasteiger charge is 2.14. The minimum Gasteiger partial charge on any atom is -0.376 e. The molecule has 2 heterocycles. The lowest BCUT2D eigenvalue weighted by Crippen LogP contribution is -2.20. The van der Waals surface area contributed by atoms with Crippen LogP contribution in [0.2, 0.25) is 0 Å². The lowest BCUT2D eigenvalue weighted by molar-refractivity contribution is 0.120. The summed E-state index contributed by atoms with van der Waals surface area (Å²) in [6.07, 6.45) is 5.31. The molecule has 1 fully saturated rings. The minimum atomic E-state index is -0.192. The van der Waals surface area contributed by atoms with Crippen molar-refractivity contribution in [1.82, 2.24) is 9.97 Å². The Morgan fingerprint density at radius 1 is 1.64 bits per heavy atom. The highest BCUT2D eigenvalue weighted by atomic mass is 16.5. The Balaban J connectivity index is 1.88. The van der Waals surface area contributed by atoms with E-state index in [0.29, 0.717) is 5.82 Å². The number of hydrogen-bond donors (Lipinski definition) is 2. The number of H-pyrrole nitrogens is 1. The van der Waals surface area contributed by atoms with Gasteiger partial charge < -0.3 is 15.0 Å². The molecular weight excluding hydrogens is 182 g/mol. The van der Waals surface area contributed by atoms with Crippen LogP contribution in [0.1, 0.15) is 12.8 Å². The number of anilines is 1. The van der Waals surface area contributed by atoms with Crippen LogP contribution in [0, 0.1) is 0 Å². The predicted octanol–water partition coefficient (Wildman–Crippen LogP) is 0.361. The molecule has 1 saturated heterocycles. The second kappa shape index (κ2) is 4.23. The minimum absolute atomic E-state index is 0.192. The second-order valence-corrected chi connectivity index (χ2v) is 3.33. The third kappa shape index (κ3) is 2.32. The van der Waals surface area contributed by atoms with E-state index in [4.69, 9.17) is 4.74 Å². The van der Waals surface area contributed by atoms with Gasteiger partial charge in [-0.2, -0.15) is 0 Å². The number of rotatable bonds is 3. The lowest BCUT2D eigenvalue weighted by Gasteiger charge is -2.10. The molecular formula is C9H13N3O2. The van der Waals surface area contributed by atoms with Gasteiger partial charge in [-0.3, -0.25) is 9.78 Å². The molecule has 1 aliphatic heterocycles. The molecule has 1 aromatic rings. The first-order valence-electron chi connectivity index (χ1n) is 4.74. The van der Waals surface area contributed by atoms with Gasteiger partial charge >= 0.3 is 0 Å². The number of hydrogen-bond acceptors (Lipinski definition) is 4. The molecule has 0 amide bonds. The van der Waals surface area contributed by atoms with E-state index in [9.17, 15) is 4.79 Å². The Bertz CT molecular complexity index is 344. The summed E-state index contributed by atoms with van der Waals surface area (Å²) >= 11 is 0. The Labute approximate surface area is 81.5 Å². The maximum absolute atomic E-state index is 10.9. The van der Waals surface area contributed by atoms with Gasteiger partial charge in [0.2, 0.25) is 0 Å². The summed E-state index contributed by atoms with van der Waals surface area (Å²) in [5.74, 6) is 0.646. The van der Waals surface area contributed by atoms with Crippen LogP contribution in [-0.4, -0.2) is 29.2 Å². The molecule has 5 nitrogen and oxygen atoms in total. The van der Waals surface area contributed by atoms with Gasteiger partial charge in [0.25, 0.3) is 5.56 Å². The largest absolute Gasteiger partial charge is 0.376 e. The number of aromatic amines is 1. The Hall–Kier alpha value is -1.36. The summed E-state index contributed by atoms with van der Waals surface area (Å²) in [5.41, 5.74) is -0.192. The molecule has 2 rings (SSSR count). The Morgan fingerprint density at radius 3 is 3.29 bits per heavy atom. The normalized spacial score (nSPS) is 21.0. The van der Waals surface area contributed by atoms with Crippen LogP contribution in [0.5, 0.6) is 0 Å². The molecule has 1 atom stereocenters. The van der Waals surface area contributed by atoms with E-state index in [-0.39, 0.29) is 11.7 Å². The molecule has 1 aliphatic rings. The van der Waals surface area contributed by atoms with Crippen LogP contribution in [-0.2, 0) is 4.74 Å². The van der Waals surface area contributed by atoms with Crippen molar-refractivity contribution in [2.24, 2.45) is 0 Å². The van der Waals surface area contributed by atoms with Gasteiger partial charge in [0.05, 0.1) is 18.5 Å². The fourth-order valence-corrected chi connectivity index (χ4v) is 1.50. The first kappa shape index (κ1) is 9.21. The third-order valence-electron chi connectivity index (χ3n) is 2.20. The van der Waals surface area contributed by atoms with Gasteiger partial charge in [-0.1, -0.05) is 0 Å². The number of nitrogens with zero attached hydrogens (tertiary/aromatic N) is 1. The van der Waals surface area contributed by atoms with Crippen molar-refractivity contribution in [3.8, 4) is 0 Å². The topological polar surface area (TPSA) is 67.0 Å². The van der Waals surface area contributed by atoms with E-state index in [1.54, 1.807) is 6.20 Å². The molecule has 1 unspecified atom stereocenters. The quantitative estimate of drug-likeness (QED) is 0.730. The molecule has 76 valence electrons. The monoisotopic (exact) mass is 195 g/mol. The Morgan fingerprint density at radius 2 is 2.57 bits per heavy atom. The number of nitrogens with one attached hydrogen (secondary N) is 2. The summed E-state index contributed by atoms with van der Waals surface area (Å²) in [4.78, 5) is 17.3. The number of aromatic nitrogens is 2. The van der Waals surface area contributed by atoms with Crippen molar-refractivity contribution in [3.63, 3.8) is 0 Å². The average molecular weight is 195 g/mol. The van der Waals surface area contributed by atoms with Crippen LogP contribution in [0.3, 0.4) is 0 Å². The molecule has 0 aliphatic carbocycles. The molecule has 0 saturated carbocycles. The van der Waals surface area contributed by atoms with E-state index in [2.05, 4.69) is 15.3 Å². The standard InChI is InChI=1S/C9H13N3O2/c13-9-6-10-5-8(12-9)11-4-7-2-1-3-14-7/h5-7H,1-4H2,(H2,11,12,13). The SMILES string of the molecule is O=c1cncc(NCC2CCCO2)[nH]1. The van der Waals surface area contributed by atoms with E-state index in [0.717, 1.165) is 26.0 Å². The molecule has 0 aromatic carbocycles. The summed E-state index contributed by atoms with van der Waals surface area (Å²) < 4.78 is 5.43. The summed E-state index contributed by atoms with van der Waals surface area (Å²) in [6.45, 7) is 1.57. The molecule has 0 bridgehead atoms. The highest BCUT2D eigenvalue weighted by Crippen LogP contribution is 2.11. The van der Waals surface area contributed by atoms with Gasteiger partial charge in [0, 0.05) is 13.2 Å². The van der Waals surface area contributed by atoms with Crippen molar-refractivity contribution in [1.29, 1.82) is 0 Å². The zero-order valence-corrected chi connectivity index (χ0v) is 7.82. The third-order valence-corrected chi connectivity index (χ3v) is 2.20. The van der Waals surface area contributed by atoms with Gasteiger partial charge in [-0.05, 0) is 12.8 Å². The van der Waals surface area contributed by atoms with Gasteiger partial charge in [-0.15, -0.1) is 0 Å². The average Bonchev–Trinajstić information content (AvgIpc) is 2.67. The van der Waals surface area contributed by atoms with E-state index in [1.807, 2.05) is 0 Å². The van der Waals surface area contributed by atoms with Crippen LogP contribution >= 0.6 is 0 Å². The summed E-state index contributed by atoms with van der Waals surface area (Å²) in [5, 5.41) is 3.08. The molecule has 2 N–H and O–H groups in total. The predicted molar refractivity (Wildman–Crippen MR) is 52.3 cm³/mol. The van der Waals surface area contributed by atoms with Crippen LogP contribution < -0.4 is 10.9 Å². The first-order chi connectivity index (χ1) is 6.84. The first-order valence-corrected chi connectivity index (χ1v) is 4.74. The zero-order chi connectivity index (χ0) is 9.80. The van der Waals surface area contributed by atoms with Crippen molar-refractivity contribution in [2.45, 2.75) is 18.9 Å². The maximum Gasteiger partial charge on any atom is 0.267 e. The second-order valence-electron chi connectivity index (χ2n) is 3.33.